The van der Waals surface area contributed by atoms with Gasteiger partial charge in [-0.25, -0.2) is 0 Å². The van der Waals surface area contributed by atoms with Crippen molar-refractivity contribution in [1.82, 2.24) is 0 Å². The summed E-state index contributed by atoms with van der Waals surface area (Å²) in [6, 6.07) is 7.04. The van der Waals surface area contributed by atoms with Crippen LogP contribution in [0.2, 0.25) is 5.22 Å². The van der Waals surface area contributed by atoms with E-state index < -0.39 is 11.9 Å². The highest BCUT2D eigenvalue weighted by atomic mass is 35.5. The predicted molar refractivity (Wildman–Crippen MR) is 57.3 cm³/mol. The number of benzene rings is 1. The Kier molecular flexibility index (Phi) is 2.40. The number of carboxylic acid groups (broad SMARTS) is 1. The predicted octanol–water partition coefficient (Wildman–Crippen LogP) is 3.27. The van der Waals surface area contributed by atoms with E-state index in [0.717, 1.165) is 5.39 Å². The first-order valence-corrected chi connectivity index (χ1v) is 4.88. The second-order valence-corrected chi connectivity index (χ2v) is 3.75. The van der Waals surface area contributed by atoms with Gasteiger partial charge in [0.25, 0.3) is 0 Å². The first kappa shape index (κ1) is 10.1. The van der Waals surface area contributed by atoms with E-state index in [2.05, 4.69) is 0 Å². The van der Waals surface area contributed by atoms with Gasteiger partial charge in [-0.15, -0.1) is 0 Å². The van der Waals surface area contributed by atoms with Gasteiger partial charge in [0.2, 0.25) is 0 Å². The third kappa shape index (κ3) is 1.70. The molecule has 0 aliphatic carbocycles. The van der Waals surface area contributed by atoms with Gasteiger partial charge in [-0.2, -0.15) is 0 Å². The maximum Gasteiger partial charge on any atom is 0.310 e. The second-order valence-electron chi connectivity index (χ2n) is 3.38. The fourth-order valence-corrected chi connectivity index (χ4v) is 1.72. The van der Waals surface area contributed by atoms with Crippen molar-refractivity contribution in [2.24, 2.45) is 0 Å². The van der Waals surface area contributed by atoms with Crippen molar-refractivity contribution in [3.05, 3.63) is 35.0 Å². The summed E-state index contributed by atoms with van der Waals surface area (Å²) in [6.45, 7) is 1.62. The molecule has 0 saturated carbocycles. The van der Waals surface area contributed by atoms with E-state index in [0.29, 0.717) is 11.1 Å². The van der Waals surface area contributed by atoms with Crippen LogP contribution in [0.1, 0.15) is 18.4 Å². The molecule has 4 heteroatoms. The molecular weight excluding hydrogens is 216 g/mol. The smallest absolute Gasteiger partial charge is 0.310 e. The van der Waals surface area contributed by atoms with Crippen LogP contribution in [0, 0.1) is 0 Å². The van der Waals surface area contributed by atoms with Crippen LogP contribution < -0.4 is 0 Å². The molecule has 78 valence electrons. The molecule has 2 aromatic rings. The van der Waals surface area contributed by atoms with Crippen LogP contribution in [0.4, 0.5) is 0 Å². The zero-order valence-corrected chi connectivity index (χ0v) is 8.78. The third-order valence-electron chi connectivity index (χ3n) is 2.38. The van der Waals surface area contributed by atoms with E-state index in [1.165, 1.54) is 0 Å². The molecule has 1 N–H and O–H groups in total. The maximum atomic E-state index is 10.9. The Hall–Kier alpha value is -1.48. The van der Waals surface area contributed by atoms with Gasteiger partial charge in [0.1, 0.15) is 5.58 Å². The van der Waals surface area contributed by atoms with E-state index in [-0.39, 0.29) is 5.22 Å². The van der Waals surface area contributed by atoms with E-state index in [4.69, 9.17) is 21.1 Å². The Labute approximate surface area is 91.3 Å². The molecule has 0 aliphatic rings. The van der Waals surface area contributed by atoms with Crippen LogP contribution in [0.5, 0.6) is 0 Å². The summed E-state index contributed by atoms with van der Waals surface area (Å²) in [5, 5.41) is 10.0. The van der Waals surface area contributed by atoms with Crippen LogP contribution in [-0.2, 0) is 4.79 Å². The molecule has 1 heterocycles. The van der Waals surface area contributed by atoms with Gasteiger partial charge in [0.05, 0.1) is 5.92 Å². The molecule has 0 aliphatic heterocycles. The standard InChI is InChI=1S/C11H9ClO3/c1-6(11(13)14)8-4-2-3-7-5-9(12)15-10(7)8/h2-6H,1H3,(H,13,14). The van der Waals surface area contributed by atoms with Crippen LogP contribution in [0.25, 0.3) is 11.0 Å². The highest BCUT2D eigenvalue weighted by Gasteiger charge is 2.18. The first-order valence-electron chi connectivity index (χ1n) is 4.50. The van der Waals surface area contributed by atoms with Gasteiger partial charge in [-0.05, 0) is 18.5 Å². The zero-order valence-electron chi connectivity index (χ0n) is 8.03. The third-order valence-corrected chi connectivity index (χ3v) is 2.57. The molecule has 0 spiro atoms. The molecule has 1 aromatic heterocycles. The van der Waals surface area contributed by atoms with Crippen molar-refractivity contribution < 1.29 is 14.3 Å². The van der Waals surface area contributed by atoms with Crippen molar-refractivity contribution in [3.8, 4) is 0 Å². The molecule has 0 bridgehead atoms. The Balaban J connectivity index is 2.64. The maximum absolute atomic E-state index is 10.9. The van der Waals surface area contributed by atoms with Crippen molar-refractivity contribution in [1.29, 1.82) is 0 Å². The lowest BCUT2D eigenvalue weighted by Crippen LogP contribution is -2.07. The number of para-hydroxylation sites is 1. The minimum atomic E-state index is -0.880. The van der Waals surface area contributed by atoms with Crippen molar-refractivity contribution in [2.45, 2.75) is 12.8 Å². The van der Waals surface area contributed by atoms with Gasteiger partial charge < -0.3 is 9.52 Å². The van der Waals surface area contributed by atoms with Crippen LogP contribution in [-0.4, -0.2) is 11.1 Å². The largest absolute Gasteiger partial charge is 0.481 e. The Morgan fingerprint density at radius 2 is 2.27 bits per heavy atom. The number of hydrogen-bond acceptors (Lipinski definition) is 2. The van der Waals surface area contributed by atoms with Crippen molar-refractivity contribution in [2.75, 3.05) is 0 Å². The Morgan fingerprint density at radius 1 is 1.53 bits per heavy atom. The van der Waals surface area contributed by atoms with Gasteiger partial charge in [0.15, 0.2) is 5.22 Å². The van der Waals surface area contributed by atoms with Gasteiger partial charge in [0, 0.05) is 17.0 Å². The molecular formula is C11H9ClO3. The van der Waals surface area contributed by atoms with Gasteiger partial charge in [-0.1, -0.05) is 18.2 Å². The topological polar surface area (TPSA) is 50.4 Å². The lowest BCUT2D eigenvalue weighted by Gasteiger charge is -2.06. The average molecular weight is 225 g/mol. The minimum Gasteiger partial charge on any atom is -0.481 e. The lowest BCUT2D eigenvalue weighted by molar-refractivity contribution is -0.138. The molecule has 1 aromatic carbocycles. The van der Waals surface area contributed by atoms with Crippen LogP contribution in [0.15, 0.2) is 28.7 Å². The van der Waals surface area contributed by atoms with Crippen molar-refractivity contribution >= 4 is 28.5 Å². The van der Waals surface area contributed by atoms with E-state index in [1.807, 2.05) is 6.07 Å². The highest BCUT2D eigenvalue weighted by molar-refractivity contribution is 6.29. The summed E-state index contributed by atoms with van der Waals surface area (Å²) in [4.78, 5) is 10.9. The minimum absolute atomic E-state index is 0.273. The van der Waals surface area contributed by atoms with E-state index >= 15 is 0 Å². The number of carboxylic acids is 1. The molecule has 2 rings (SSSR count). The van der Waals surface area contributed by atoms with Gasteiger partial charge in [-0.3, -0.25) is 4.79 Å². The van der Waals surface area contributed by atoms with Gasteiger partial charge >= 0.3 is 5.97 Å². The monoisotopic (exact) mass is 224 g/mol. The summed E-state index contributed by atoms with van der Waals surface area (Å²) in [6.07, 6.45) is 0. The average Bonchev–Trinajstić information content (AvgIpc) is 2.56. The number of hydrogen-bond donors (Lipinski definition) is 1. The number of rotatable bonds is 2. The molecule has 1 unspecified atom stereocenters. The van der Waals surface area contributed by atoms with Crippen LogP contribution >= 0.6 is 11.6 Å². The quantitative estimate of drug-likeness (QED) is 0.852. The summed E-state index contributed by atoms with van der Waals surface area (Å²) < 4.78 is 5.27. The number of carbonyl (C=O) groups is 1. The molecule has 15 heavy (non-hydrogen) atoms. The Morgan fingerprint density at radius 3 is 2.93 bits per heavy atom. The van der Waals surface area contributed by atoms with Crippen LogP contribution in [0.3, 0.4) is 0 Å². The molecule has 0 amide bonds. The fourth-order valence-electron chi connectivity index (χ4n) is 1.53. The number of aliphatic carboxylic acids is 1. The normalized spacial score (nSPS) is 12.9. The molecule has 1 atom stereocenters. The zero-order chi connectivity index (χ0) is 11.0. The second kappa shape index (κ2) is 3.59. The molecule has 0 radical (unpaired) electrons. The summed E-state index contributed by atoms with van der Waals surface area (Å²) in [5.74, 6) is -1.48. The molecule has 0 fully saturated rings. The molecule has 3 nitrogen and oxygen atoms in total. The van der Waals surface area contributed by atoms with E-state index in [1.54, 1.807) is 25.1 Å². The Bertz CT molecular complexity index is 516. The lowest BCUT2D eigenvalue weighted by atomic mass is 10.00. The fraction of sp³-hybridized carbons (Fsp3) is 0.182. The summed E-state index contributed by atoms with van der Waals surface area (Å²) in [5.41, 5.74) is 1.20. The number of halogens is 1. The molecule has 0 saturated heterocycles. The first-order chi connectivity index (χ1) is 7.09. The SMILES string of the molecule is CC(C(=O)O)c1cccc2cc(Cl)oc12. The van der Waals surface area contributed by atoms with Crippen molar-refractivity contribution in [3.63, 3.8) is 0 Å². The van der Waals surface area contributed by atoms with E-state index in [9.17, 15) is 4.79 Å². The number of furan rings is 1. The summed E-state index contributed by atoms with van der Waals surface area (Å²) >= 11 is 5.73. The summed E-state index contributed by atoms with van der Waals surface area (Å²) in [7, 11) is 0. The number of fused-ring (bicyclic) bond motifs is 1. The highest BCUT2D eigenvalue weighted by Crippen LogP contribution is 2.30.